The average molecular weight is 291 g/mol. The number of rotatable bonds is 10. The first-order valence-electron chi connectivity index (χ1n) is 8.28. The fourth-order valence-electron chi connectivity index (χ4n) is 2.60. The van der Waals surface area contributed by atoms with E-state index in [4.69, 9.17) is 4.74 Å². The largest absolute Gasteiger partial charge is 0.385 e. The minimum Gasteiger partial charge on any atom is -0.385 e. The number of benzene rings is 1. The van der Waals surface area contributed by atoms with Crippen LogP contribution >= 0.6 is 0 Å². The normalized spacial score (nSPS) is 14.4. The van der Waals surface area contributed by atoms with Crippen LogP contribution in [0, 0.1) is 24.7 Å². The molecule has 2 atom stereocenters. The molecule has 0 bridgehead atoms. The summed E-state index contributed by atoms with van der Waals surface area (Å²) in [5.41, 5.74) is 2.78. The van der Waals surface area contributed by atoms with Gasteiger partial charge >= 0.3 is 0 Å². The smallest absolute Gasteiger partial charge is 0.0464 e. The Bertz CT molecular complexity index is 372. The Kier molecular flexibility index (Phi) is 8.63. The molecule has 1 aromatic carbocycles. The van der Waals surface area contributed by atoms with Crippen molar-refractivity contribution in [2.24, 2.45) is 17.8 Å². The van der Waals surface area contributed by atoms with Gasteiger partial charge in [-0.05, 0) is 56.2 Å². The maximum absolute atomic E-state index is 5.25. The molecule has 2 unspecified atom stereocenters. The predicted octanol–water partition coefficient (Wildman–Crippen LogP) is 4.07. The SMILES string of the molecule is COCCC(C)C(CNCC(C)C)Cc1ccc(C)cc1. The third-order valence-electron chi connectivity index (χ3n) is 4.16. The second kappa shape index (κ2) is 9.97. The van der Waals surface area contributed by atoms with Crippen LogP contribution in [0.25, 0.3) is 0 Å². The number of aryl methyl sites for hydroxylation is 1. The van der Waals surface area contributed by atoms with Gasteiger partial charge in [-0.2, -0.15) is 0 Å². The van der Waals surface area contributed by atoms with Crippen molar-refractivity contribution in [3.63, 3.8) is 0 Å². The van der Waals surface area contributed by atoms with E-state index in [2.05, 4.69) is 57.3 Å². The van der Waals surface area contributed by atoms with Gasteiger partial charge in [0.1, 0.15) is 0 Å². The summed E-state index contributed by atoms with van der Waals surface area (Å²) in [5.74, 6) is 2.05. The highest BCUT2D eigenvalue weighted by molar-refractivity contribution is 5.21. The highest BCUT2D eigenvalue weighted by Crippen LogP contribution is 2.20. The van der Waals surface area contributed by atoms with Crippen LogP contribution in [-0.2, 0) is 11.2 Å². The molecule has 2 nitrogen and oxygen atoms in total. The Morgan fingerprint density at radius 1 is 1.05 bits per heavy atom. The Hall–Kier alpha value is -0.860. The summed E-state index contributed by atoms with van der Waals surface area (Å²) in [4.78, 5) is 0. The summed E-state index contributed by atoms with van der Waals surface area (Å²) in [6.45, 7) is 12.1. The Balaban J connectivity index is 2.59. The van der Waals surface area contributed by atoms with E-state index in [0.29, 0.717) is 17.8 Å². The van der Waals surface area contributed by atoms with Crippen molar-refractivity contribution in [1.82, 2.24) is 5.32 Å². The van der Waals surface area contributed by atoms with Crippen LogP contribution in [-0.4, -0.2) is 26.8 Å². The van der Waals surface area contributed by atoms with Gasteiger partial charge in [0.05, 0.1) is 0 Å². The molecule has 1 N–H and O–H groups in total. The van der Waals surface area contributed by atoms with E-state index in [9.17, 15) is 0 Å². The summed E-state index contributed by atoms with van der Waals surface area (Å²) in [7, 11) is 1.79. The summed E-state index contributed by atoms with van der Waals surface area (Å²) in [5, 5.41) is 3.63. The van der Waals surface area contributed by atoms with Crippen LogP contribution in [0.4, 0.5) is 0 Å². The van der Waals surface area contributed by atoms with E-state index >= 15 is 0 Å². The van der Waals surface area contributed by atoms with Gasteiger partial charge in [-0.1, -0.05) is 50.6 Å². The molecule has 0 aliphatic rings. The summed E-state index contributed by atoms with van der Waals surface area (Å²) in [6, 6.07) is 8.98. The predicted molar refractivity (Wildman–Crippen MR) is 91.7 cm³/mol. The van der Waals surface area contributed by atoms with Crippen molar-refractivity contribution in [1.29, 1.82) is 0 Å². The molecule has 0 heterocycles. The van der Waals surface area contributed by atoms with Crippen molar-refractivity contribution < 1.29 is 4.74 Å². The molecule has 1 aromatic rings. The van der Waals surface area contributed by atoms with Crippen molar-refractivity contribution >= 4 is 0 Å². The van der Waals surface area contributed by atoms with Gasteiger partial charge in [0.25, 0.3) is 0 Å². The number of hydrogen-bond acceptors (Lipinski definition) is 2. The van der Waals surface area contributed by atoms with Crippen LogP contribution in [0.5, 0.6) is 0 Å². The van der Waals surface area contributed by atoms with E-state index in [0.717, 1.165) is 32.5 Å². The Morgan fingerprint density at radius 3 is 2.29 bits per heavy atom. The molecular weight excluding hydrogens is 258 g/mol. The van der Waals surface area contributed by atoms with Crippen LogP contribution in [0.3, 0.4) is 0 Å². The van der Waals surface area contributed by atoms with E-state index < -0.39 is 0 Å². The van der Waals surface area contributed by atoms with Crippen LogP contribution in [0.2, 0.25) is 0 Å². The van der Waals surface area contributed by atoms with Gasteiger partial charge in [-0.25, -0.2) is 0 Å². The Morgan fingerprint density at radius 2 is 1.71 bits per heavy atom. The molecule has 21 heavy (non-hydrogen) atoms. The van der Waals surface area contributed by atoms with Gasteiger partial charge in [0.15, 0.2) is 0 Å². The molecule has 2 heteroatoms. The van der Waals surface area contributed by atoms with Crippen LogP contribution in [0.15, 0.2) is 24.3 Å². The van der Waals surface area contributed by atoms with E-state index in [-0.39, 0.29) is 0 Å². The molecule has 0 saturated carbocycles. The van der Waals surface area contributed by atoms with Gasteiger partial charge in [0.2, 0.25) is 0 Å². The van der Waals surface area contributed by atoms with Crippen molar-refractivity contribution in [2.45, 2.75) is 40.5 Å². The molecule has 0 spiro atoms. The lowest BCUT2D eigenvalue weighted by molar-refractivity contribution is 0.163. The molecule has 0 radical (unpaired) electrons. The lowest BCUT2D eigenvalue weighted by atomic mass is 9.85. The number of nitrogens with one attached hydrogen (secondary N) is 1. The fraction of sp³-hybridized carbons (Fsp3) is 0.684. The maximum atomic E-state index is 5.25. The van der Waals surface area contributed by atoms with Crippen molar-refractivity contribution in [3.8, 4) is 0 Å². The van der Waals surface area contributed by atoms with Gasteiger partial charge in [0, 0.05) is 13.7 Å². The summed E-state index contributed by atoms with van der Waals surface area (Å²) < 4.78 is 5.25. The first kappa shape index (κ1) is 18.2. The standard InChI is InChI=1S/C19H33NO/c1-15(2)13-20-14-19(17(4)10-11-21-5)12-18-8-6-16(3)7-9-18/h6-9,15,17,19-20H,10-14H2,1-5H3. The number of hydrogen-bond donors (Lipinski definition) is 1. The third kappa shape index (κ3) is 7.63. The van der Waals surface area contributed by atoms with Gasteiger partial charge in [-0.3, -0.25) is 0 Å². The minimum atomic E-state index is 0.668. The zero-order valence-electron chi connectivity index (χ0n) is 14.5. The molecule has 1 rings (SSSR count). The molecule has 0 fully saturated rings. The molecule has 0 aliphatic heterocycles. The second-order valence-electron chi connectivity index (χ2n) is 6.76. The highest BCUT2D eigenvalue weighted by atomic mass is 16.5. The fourth-order valence-corrected chi connectivity index (χ4v) is 2.60. The minimum absolute atomic E-state index is 0.668. The van der Waals surface area contributed by atoms with Crippen molar-refractivity contribution in [2.75, 3.05) is 26.8 Å². The number of ether oxygens (including phenoxy) is 1. The lowest BCUT2D eigenvalue weighted by Crippen LogP contribution is -2.31. The van der Waals surface area contributed by atoms with Gasteiger partial charge in [-0.15, -0.1) is 0 Å². The average Bonchev–Trinajstić information content (AvgIpc) is 2.45. The Labute approximate surface area is 131 Å². The second-order valence-corrected chi connectivity index (χ2v) is 6.76. The highest BCUT2D eigenvalue weighted by Gasteiger charge is 2.17. The molecule has 0 aromatic heterocycles. The summed E-state index contributed by atoms with van der Waals surface area (Å²) >= 11 is 0. The van der Waals surface area contributed by atoms with E-state index in [1.165, 1.54) is 11.1 Å². The zero-order valence-corrected chi connectivity index (χ0v) is 14.5. The topological polar surface area (TPSA) is 21.3 Å². The first-order chi connectivity index (χ1) is 10.0. The number of methoxy groups -OCH3 is 1. The molecular formula is C19H33NO. The molecule has 120 valence electrons. The van der Waals surface area contributed by atoms with Crippen LogP contribution in [0.1, 0.15) is 38.3 Å². The monoisotopic (exact) mass is 291 g/mol. The zero-order chi connectivity index (χ0) is 15.7. The maximum Gasteiger partial charge on any atom is 0.0464 e. The van der Waals surface area contributed by atoms with Gasteiger partial charge < -0.3 is 10.1 Å². The molecule has 0 amide bonds. The molecule has 0 aliphatic carbocycles. The third-order valence-corrected chi connectivity index (χ3v) is 4.16. The summed E-state index contributed by atoms with van der Waals surface area (Å²) in [6.07, 6.45) is 2.28. The lowest BCUT2D eigenvalue weighted by Gasteiger charge is -2.25. The van der Waals surface area contributed by atoms with E-state index in [1.54, 1.807) is 7.11 Å². The van der Waals surface area contributed by atoms with E-state index in [1.807, 2.05) is 0 Å². The quantitative estimate of drug-likeness (QED) is 0.701. The molecule has 0 saturated heterocycles. The first-order valence-corrected chi connectivity index (χ1v) is 8.28. The van der Waals surface area contributed by atoms with Crippen LogP contribution < -0.4 is 5.32 Å². The van der Waals surface area contributed by atoms with Crippen molar-refractivity contribution in [3.05, 3.63) is 35.4 Å².